The second-order valence-electron chi connectivity index (χ2n) is 8.18. The maximum Gasteiger partial charge on any atom is 0.0658 e. The Balaban J connectivity index is 1.73. The van der Waals surface area contributed by atoms with Gasteiger partial charge in [0.15, 0.2) is 0 Å². The number of hydrogen-bond donors (Lipinski definition) is 3. The summed E-state index contributed by atoms with van der Waals surface area (Å²) in [5, 5.41) is 9.86. The molecule has 3 aromatic heterocycles. The van der Waals surface area contributed by atoms with Gasteiger partial charge < -0.3 is 15.1 Å². The molecule has 0 saturated heterocycles. The Labute approximate surface area is 190 Å². The quantitative estimate of drug-likeness (QED) is 0.329. The van der Waals surface area contributed by atoms with E-state index in [-0.39, 0.29) is 6.61 Å². The van der Waals surface area contributed by atoms with E-state index in [2.05, 4.69) is 34.2 Å². The van der Waals surface area contributed by atoms with Crippen LogP contribution in [0.2, 0.25) is 0 Å². The van der Waals surface area contributed by atoms with Crippen molar-refractivity contribution >= 4 is 46.4 Å². The molecule has 1 aromatic carbocycles. The van der Waals surface area contributed by atoms with Crippen LogP contribution in [0, 0.1) is 0 Å². The van der Waals surface area contributed by atoms with Gasteiger partial charge in [0.2, 0.25) is 0 Å². The predicted octanol–water partition coefficient (Wildman–Crippen LogP) is 5.86. The van der Waals surface area contributed by atoms with Crippen molar-refractivity contribution in [3.05, 3.63) is 95.1 Å². The van der Waals surface area contributed by atoms with Crippen molar-refractivity contribution in [2.75, 3.05) is 6.61 Å². The van der Waals surface area contributed by atoms with Crippen LogP contribution in [0.15, 0.2) is 66.7 Å². The summed E-state index contributed by atoms with van der Waals surface area (Å²) >= 11 is 0. The van der Waals surface area contributed by atoms with Crippen molar-refractivity contribution in [2.24, 2.45) is 0 Å². The molecule has 4 aromatic rings. The van der Waals surface area contributed by atoms with Crippen LogP contribution in [-0.4, -0.2) is 31.6 Å². The highest BCUT2D eigenvalue weighted by molar-refractivity contribution is 5.91. The molecule has 0 spiro atoms. The van der Waals surface area contributed by atoms with E-state index < -0.39 is 0 Å². The predicted molar refractivity (Wildman–Crippen MR) is 135 cm³/mol. The molecule has 3 N–H and O–H groups in total. The summed E-state index contributed by atoms with van der Waals surface area (Å²) in [6, 6.07) is 22.6. The van der Waals surface area contributed by atoms with Crippen LogP contribution in [0.5, 0.6) is 0 Å². The van der Waals surface area contributed by atoms with Gasteiger partial charge in [0.25, 0.3) is 0 Å². The van der Waals surface area contributed by atoms with E-state index in [0.717, 1.165) is 61.5 Å². The summed E-state index contributed by atoms with van der Waals surface area (Å²) in [6.07, 6.45) is 8.61. The van der Waals surface area contributed by atoms with Crippen molar-refractivity contribution in [3.63, 3.8) is 0 Å². The SMILES string of the molecule is OCCc1c(-c2ccccc2)c2cc3nc(cc4ccc(cc5nc(cc1[nH]2)C=C5)[nH]4)C=C3. The fourth-order valence-electron chi connectivity index (χ4n) is 4.44. The number of nitrogens with zero attached hydrogens (tertiary/aromatic N) is 2. The highest BCUT2D eigenvalue weighted by atomic mass is 16.2. The molecule has 160 valence electrons. The molecule has 0 aliphatic carbocycles. The van der Waals surface area contributed by atoms with Gasteiger partial charge in [0, 0.05) is 34.2 Å². The van der Waals surface area contributed by atoms with Gasteiger partial charge in [-0.3, -0.25) is 0 Å². The van der Waals surface area contributed by atoms with Crippen LogP contribution < -0.4 is 0 Å². The molecule has 2 aliphatic heterocycles. The number of fused-ring (bicyclic) bond motifs is 8. The molecule has 2 aliphatic rings. The molecule has 5 nitrogen and oxygen atoms in total. The van der Waals surface area contributed by atoms with Crippen LogP contribution >= 0.6 is 0 Å². The molecular formula is C28H22N4O. The highest BCUT2D eigenvalue weighted by Gasteiger charge is 2.14. The molecule has 5 heterocycles. The molecular weight excluding hydrogens is 408 g/mol. The summed E-state index contributed by atoms with van der Waals surface area (Å²) in [5.74, 6) is 0. The number of aromatic nitrogens is 4. The van der Waals surface area contributed by atoms with Gasteiger partial charge in [-0.15, -0.1) is 0 Å². The maximum atomic E-state index is 9.86. The third-order valence-electron chi connectivity index (χ3n) is 5.88. The van der Waals surface area contributed by atoms with E-state index in [0.29, 0.717) is 6.42 Å². The minimum atomic E-state index is 0.0636. The average molecular weight is 431 g/mol. The van der Waals surface area contributed by atoms with Gasteiger partial charge in [-0.1, -0.05) is 30.3 Å². The molecule has 6 rings (SSSR count). The number of benzene rings is 1. The van der Waals surface area contributed by atoms with Gasteiger partial charge in [0.1, 0.15) is 0 Å². The third-order valence-corrected chi connectivity index (χ3v) is 5.88. The van der Waals surface area contributed by atoms with Crippen molar-refractivity contribution in [2.45, 2.75) is 6.42 Å². The van der Waals surface area contributed by atoms with E-state index in [9.17, 15) is 5.11 Å². The number of aliphatic hydroxyl groups is 1. The molecule has 0 amide bonds. The van der Waals surface area contributed by atoms with E-state index >= 15 is 0 Å². The zero-order valence-electron chi connectivity index (χ0n) is 17.9. The van der Waals surface area contributed by atoms with Crippen molar-refractivity contribution in [3.8, 4) is 11.1 Å². The summed E-state index contributed by atoms with van der Waals surface area (Å²) in [6.45, 7) is 0.0636. The molecule has 0 radical (unpaired) electrons. The van der Waals surface area contributed by atoms with Gasteiger partial charge in [-0.25, -0.2) is 9.97 Å². The van der Waals surface area contributed by atoms with Gasteiger partial charge in [-0.05, 0) is 78.3 Å². The van der Waals surface area contributed by atoms with E-state index in [1.165, 1.54) is 0 Å². The molecule has 0 fully saturated rings. The largest absolute Gasteiger partial charge is 0.396 e. The number of aromatic amines is 2. The Morgan fingerprint density at radius 3 is 1.82 bits per heavy atom. The Morgan fingerprint density at radius 2 is 1.21 bits per heavy atom. The molecule has 0 unspecified atom stereocenters. The highest BCUT2D eigenvalue weighted by Crippen LogP contribution is 2.33. The normalized spacial score (nSPS) is 12.4. The number of H-pyrrole nitrogens is 2. The minimum Gasteiger partial charge on any atom is -0.396 e. The number of nitrogens with one attached hydrogen (secondary N) is 2. The number of aliphatic hydroxyl groups excluding tert-OH is 1. The summed E-state index contributed by atoms with van der Waals surface area (Å²) in [5.41, 5.74) is 10.7. The fraction of sp³-hybridized carbons (Fsp3) is 0.0714. The first kappa shape index (κ1) is 19.5. The zero-order valence-corrected chi connectivity index (χ0v) is 17.9. The number of hydrogen-bond acceptors (Lipinski definition) is 3. The first-order chi connectivity index (χ1) is 16.2. The molecule has 0 saturated carbocycles. The monoisotopic (exact) mass is 430 g/mol. The summed E-state index contributed by atoms with van der Waals surface area (Å²) < 4.78 is 0. The van der Waals surface area contributed by atoms with Crippen LogP contribution in [0.4, 0.5) is 0 Å². The average Bonchev–Trinajstić information content (AvgIpc) is 3.60. The third kappa shape index (κ3) is 3.79. The van der Waals surface area contributed by atoms with Crippen molar-refractivity contribution < 1.29 is 5.11 Å². The lowest BCUT2D eigenvalue weighted by Gasteiger charge is -2.04. The molecule has 8 bridgehead atoms. The van der Waals surface area contributed by atoms with E-state index in [4.69, 9.17) is 9.97 Å². The maximum absolute atomic E-state index is 9.86. The Kier molecular flexibility index (Phi) is 4.74. The van der Waals surface area contributed by atoms with E-state index in [1.807, 2.05) is 66.8 Å². The Morgan fingerprint density at radius 1 is 0.636 bits per heavy atom. The molecule has 5 heteroatoms. The fourth-order valence-corrected chi connectivity index (χ4v) is 4.44. The topological polar surface area (TPSA) is 77.6 Å². The lowest BCUT2D eigenvalue weighted by molar-refractivity contribution is 0.300. The van der Waals surface area contributed by atoms with Crippen LogP contribution in [-0.2, 0) is 6.42 Å². The lowest BCUT2D eigenvalue weighted by atomic mass is 9.99. The van der Waals surface area contributed by atoms with Crippen molar-refractivity contribution in [1.82, 2.24) is 19.9 Å². The number of rotatable bonds is 3. The smallest absolute Gasteiger partial charge is 0.0658 e. The van der Waals surface area contributed by atoms with Crippen LogP contribution in [0.25, 0.3) is 57.5 Å². The van der Waals surface area contributed by atoms with E-state index in [1.54, 1.807) is 0 Å². The van der Waals surface area contributed by atoms with Gasteiger partial charge in [0.05, 0.1) is 22.8 Å². The Hall–Kier alpha value is -4.22. The summed E-state index contributed by atoms with van der Waals surface area (Å²) in [7, 11) is 0. The second kappa shape index (κ2) is 8.04. The lowest BCUT2D eigenvalue weighted by Crippen LogP contribution is -1.92. The van der Waals surface area contributed by atoms with Crippen LogP contribution in [0.1, 0.15) is 28.3 Å². The van der Waals surface area contributed by atoms with Crippen molar-refractivity contribution in [1.29, 1.82) is 0 Å². The molecule has 0 atom stereocenters. The first-order valence-corrected chi connectivity index (χ1v) is 11.0. The van der Waals surface area contributed by atoms with Gasteiger partial charge in [-0.2, -0.15) is 0 Å². The van der Waals surface area contributed by atoms with Crippen LogP contribution in [0.3, 0.4) is 0 Å². The Bertz CT molecular complexity index is 1570. The zero-order chi connectivity index (χ0) is 22.2. The molecule has 33 heavy (non-hydrogen) atoms. The standard InChI is InChI=1S/C28H22N4O/c33-13-12-25-26-16-23-10-8-21(30-23)14-19-6-7-20(29-19)15-22-9-11-24(31-22)17-27(32-26)28(25)18-4-2-1-3-5-18/h1-11,14-17,29,32-33H,12-13H2. The second-order valence-corrected chi connectivity index (χ2v) is 8.18. The minimum absolute atomic E-state index is 0.0636. The van der Waals surface area contributed by atoms with Gasteiger partial charge >= 0.3 is 0 Å². The summed E-state index contributed by atoms with van der Waals surface area (Å²) in [4.78, 5) is 16.6. The first-order valence-electron chi connectivity index (χ1n) is 11.0.